The number of nitrogens with one attached hydrogen (secondary N) is 1. The van der Waals surface area contributed by atoms with Gasteiger partial charge >= 0.3 is 0 Å². The van der Waals surface area contributed by atoms with Crippen LogP contribution in [0.15, 0.2) is 34.7 Å². The Morgan fingerprint density at radius 1 is 1.37 bits per heavy atom. The van der Waals surface area contributed by atoms with Crippen LogP contribution in [0, 0.1) is 0 Å². The lowest BCUT2D eigenvalue weighted by Gasteiger charge is -2.13. The molecule has 3 rings (SSSR count). The molecule has 19 heavy (non-hydrogen) atoms. The van der Waals surface area contributed by atoms with E-state index in [-0.39, 0.29) is 22.9 Å². The fourth-order valence-corrected chi connectivity index (χ4v) is 2.60. The van der Waals surface area contributed by atoms with E-state index in [1.54, 1.807) is 12.1 Å². The van der Waals surface area contributed by atoms with Crippen LogP contribution in [0.2, 0.25) is 5.22 Å². The first-order valence-corrected chi connectivity index (χ1v) is 6.46. The zero-order valence-electron chi connectivity index (χ0n) is 10.2. The lowest BCUT2D eigenvalue weighted by Crippen LogP contribution is -2.26. The van der Waals surface area contributed by atoms with Gasteiger partial charge in [-0.3, -0.25) is 4.79 Å². The highest BCUT2D eigenvalue weighted by molar-refractivity contribution is 6.29. The number of fused-ring (bicyclic) bond motifs is 1. The van der Waals surface area contributed by atoms with Gasteiger partial charge in [0, 0.05) is 5.69 Å². The lowest BCUT2D eigenvalue weighted by atomic mass is 10.1. The van der Waals surface area contributed by atoms with Gasteiger partial charge in [-0.05, 0) is 59.8 Å². The number of carbonyl (C=O) groups is 1. The average Bonchev–Trinajstić information content (AvgIpc) is 2.96. The first-order chi connectivity index (χ1) is 9.13. The maximum atomic E-state index is 12.0. The second-order valence-corrected chi connectivity index (χ2v) is 5.00. The van der Waals surface area contributed by atoms with Crippen molar-refractivity contribution < 1.29 is 9.21 Å². The molecule has 0 saturated carbocycles. The predicted molar refractivity (Wildman–Crippen MR) is 73.1 cm³/mol. The summed E-state index contributed by atoms with van der Waals surface area (Å²) in [5.41, 5.74) is 8.83. The van der Waals surface area contributed by atoms with E-state index in [1.807, 2.05) is 18.2 Å². The number of hydrogen-bond donors (Lipinski definition) is 2. The van der Waals surface area contributed by atoms with Crippen LogP contribution < -0.4 is 11.1 Å². The second-order valence-electron chi connectivity index (χ2n) is 4.63. The number of aryl methyl sites for hydroxylation is 1. The van der Waals surface area contributed by atoms with Crippen molar-refractivity contribution in [2.24, 2.45) is 0 Å². The molecule has 1 heterocycles. The maximum Gasteiger partial charge on any atom is 0.287 e. The van der Waals surface area contributed by atoms with Gasteiger partial charge in [-0.1, -0.05) is 6.07 Å². The Morgan fingerprint density at radius 3 is 2.95 bits per heavy atom. The molecule has 2 aromatic rings. The Kier molecular flexibility index (Phi) is 2.95. The van der Waals surface area contributed by atoms with Crippen molar-refractivity contribution in [3.63, 3.8) is 0 Å². The molecule has 3 N–H and O–H groups in total. The first-order valence-electron chi connectivity index (χ1n) is 6.08. The molecule has 1 aromatic heterocycles. The Labute approximate surface area is 115 Å². The molecule has 4 nitrogen and oxygen atoms in total. The summed E-state index contributed by atoms with van der Waals surface area (Å²) in [5, 5.41) is 3.16. The molecule has 0 aliphatic heterocycles. The number of carbonyl (C=O) groups excluding carboxylic acids is 1. The number of nitrogen functional groups attached to an aromatic ring is 1. The number of hydrogen-bond acceptors (Lipinski definition) is 3. The van der Waals surface area contributed by atoms with Crippen LogP contribution in [0.1, 0.15) is 34.1 Å². The van der Waals surface area contributed by atoms with Gasteiger partial charge in [0.2, 0.25) is 0 Å². The molecule has 1 amide bonds. The van der Waals surface area contributed by atoms with Gasteiger partial charge in [0.1, 0.15) is 0 Å². The second kappa shape index (κ2) is 4.63. The minimum atomic E-state index is -0.249. The summed E-state index contributed by atoms with van der Waals surface area (Å²) in [6.45, 7) is 0. The number of amides is 1. The number of benzene rings is 1. The van der Waals surface area contributed by atoms with Crippen molar-refractivity contribution in [2.75, 3.05) is 5.73 Å². The van der Waals surface area contributed by atoms with Crippen LogP contribution in [-0.2, 0) is 6.42 Å². The van der Waals surface area contributed by atoms with E-state index in [0.29, 0.717) is 0 Å². The Hall–Kier alpha value is -1.94. The molecule has 1 aliphatic carbocycles. The van der Waals surface area contributed by atoms with Gasteiger partial charge in [0.15, 0.2) is 11.0 Å². The summed E-state index contributed by atoms with van der Waals surface area (Å²) in [6.07, 6.45) is 1.79. The molecule has 0 saturated heterocycles. The quantitative estimate of drug-likeness (QED) is 0.829. The van der Waals surface area contributed by atoms with Crippen LogP contribution in [0.5, 0.6) is 0 Å². The van der Waals surface area contributed by atoms with Crippen LogP contribution in [0.25, 0.3) is 0 Å². The van der Waals surface area contributed by atoms with Crippen molar-refractivity contribution in [3.8, 4) is 0 Å². The number of anilines is 1. The summed E-state index contributed by atoms with van der Waals surface area (Å²) < 4.78 is 5.10. The first kappa shape index (κ1) is 12.1. The van der Waals surface area contributed by atoms with Crippen LogP contribution in [0.4, 0.5) is 5.69 Å². The fraction of sp³-hybridized carbons (Fsp3) is 0.214. The topological polar surface area (TPSA) is 68.3 Å². The van der Waals surface area contributed by atoms with Gasteiger partial charge < -0.3 is 15.5 Å². The molecule has 0 bridgehead atoms. The standard InChI is InChI=1S/C14H13ClN2O2/c15-13-6-5-12(19-13)14(18)17-11-4-1-8-7-9(16)2-3-10(8)11/h2-3,5-7,11H,1,4,16H2,(H,17,18). The summed E-state index contributed by atoms with van der Waals surface area (Å²) in [4.78, 5) is 12.0. The van der Waals surface area contributed by atoms with E-state index >= 15 is 0 Å². The molecule has 0 radical (unpaired) electrons. The number of nitrogens with two attached hydrogens (primary N) is 1. The minimum absolute atomic E-state index is 0.00646. The Bertz CT molecular complexity index is 636. The van der Waals surface area contributed by atoms with Gasteiger partial charge in [0.25, 0.3) is 5.91 Å². The zero-order chi connectivity index (χ0) is 13.4. The largest absolute Gasteiger partial charge is 0.440 e. The lowest BCUT2D eigenvalue weighted by molar-refractivity contribution is 0.0909. The highest BCUT2D eigenvalue weighted by atomic mass is 35.5. The SMILES string of the molecule is Nc1ccc2c(c1)CCC2NC(=O)c1ccc(Cl)o1. The third-order valence-electron chi connectivity index (χ3n) is 3.35. The number of furan rings is 1. The third kappa shape index (κ3) is 2.31. The Morgan fingerprint density at radius 2 is 2.21 bits per heavy atom. The van der Waals surface area contributed by atoms with E-state index in [0.717, 1.165) is 24.1 Å². The number of halogens is 1. The molecule has 98 valence electrons. The van der Waals surface area contributed by atoms with E-state index in [1.165, 1.54) is 5.56 Å². The fourth-order valence-electron chi connectivity index (χ4n) is 2.45. The summed E-state index contributed by atoms with van der Waals surface area (Å²) >= 11 is 5.66. The van der Waals surface area contributed by atoms with Gasteiger partial charge in [-0.2, -0.15) is 0 Å². The van der Waals surface area contributed by atoms with Crippen LogP contribution >= 0.6 is 11.6 Å². The maximum absolute atomic E-state index is 12.0. The van der Waals surface area contributed by atoms with Gasteiger partial charge in [-0.15, -0.1) is 0 Å². The number of rotatable bonds is 2. The molecule has 5 heteroatoms. The normalized spacial score (nSPS) is 17.2. The molecule has 0 spiro atoms. The highest BCUT2D eigenvalue weighted by Crippen LogP contribution is 2.32. The van der Waals surface area contributed by atoms with Crippen molar-refractivity contribution in [3.05, 3.63) is 52.4 Å². The molecule has 1 atom stereocenters. The molecular weight excluding hydrogens is 264 g/mol. The summed E-state index contributed by atoms with van der Waals surface area (Å²) in [5.74, 6) is -0.0181. The average molecular weight is 277 g/mol. The van der Waals surface area contributed by atoms with Gasteiger partial charge in [-0.25, -0.2) is 0 Å². The molecule has 0 fully saturated rings. The zero-order valence-corrected chi connectivity index (χ0v) is 10.9. The van der Waals surface area contributed by atoms with Crippen molar-refractivity contribution in [2.45, 2.75) is 18.9 Å². The minimum Gasteiger partial charge on any atom is -0.440 e. The summed E-state index contributed by atoms with van der Waals surface area (Å²) in [7, 11) is 0. The van der Waals surface area contributed by atoms with Gasteiger partial charge in [0.05, 0.1) is 6.04 Å². The van der Waals surface area contributed by atoms with Crippen molar-refractivity contribution >= 4 is 23.2 Å². The van der Waals surface area contributed by atoms with E-state index < -0.39 is 0 Å². The Balaban J connectivity index is 1.78. The van der Waals surface area contributed by atoms with Crippen molar-refractivity contribution in [1.29, 1.82) is 0 Å². The van der Waals surface area contributed by atoms with E-state index in [9.17, 15) is 4.79 Å². The van der Waals surface area contributed by atoms with E-state index in [2.05, 4.69) is 5.32 Å². The summed E-state index contributed by atoms with van der Waals surface area (Å²) in [6, 6.07) is 8.92. The third-order valence-corrected chi connectivity index (χ3v) is 3.55. The monoisotopic (exact) mass is 276 g/mol. The molecular formula is C14H13ClN2O2. The van der Waals surface area contributed by atoms with Crippen LogP contribution in [-0.4, -0.2) is 5.91 Å². The predicted octanol–water partition coefficient (Wildman–Crippen LogP) is 2.93. The molecule has 1 aliphatic rings. The smallest absolute Gasteiger partial charge is 0.287 e. The van der Waals surface area contributed by atoms with Crippen molar-refractivity contribution in [1.82, 2.24) is 5.32 Å². The van der Waals surface area contributed by atoms with E-state index in [4.69, 9.17) is 21.8 Å². The highest BCUT2D eigenvalue weighted by Gasteiger charge is 2.25. The molecule has 1 unspecified atom stereocenters. The molecule has 1 aromatic carbocycles. The van der Waals surface area contributed by atoms with Crippen LogP contribution in [0.3, 0.4) is 0 Å².